The van der Waals surface area contributed by atoms with Crippen LogP contribution in [0.2, 0.25) is 0 Å². The van der Waals surface area contributed by atoms with Gasteiger partial charge in [0.05, 0.1) is 6.10 Å². The molecule has 3 N–H and O–H groups in total. The molecule has 1 atom stereocenters. The summed E-state index contributed by atoms with van der Waals surface area (Å²) in [6.45, 7) is 5.07. The summed E-state index contributed by atoms with van der Waals surface area (Å²) in [5, 5.41) is 21.7. The van der Waals surface area contributed by atoms with Crippen molar-refractivity contribution in [2.24, 2.45) is 5.92 Å². The molecule has 0 bridgehead atoms. The fraction of sp³-hybridized carbons (Fsp3) is 0.538. The monoisotopic (exact) mass is 241 g/mol. The zero-order chi connectivity index (χ0) is 12.8. The van der Waals surface area contributed by atoms with Gasteiger partial charge in [-0.3, -0.25) is 0 Å². The van der Waals surface area contributed by atoms with Gasteiger partial charge in [-0.15, -0.1) is 0 Å². The van der Waals surface area contributed by atoms with Crippen LogP contribution in [0.1, 0.15) is 25.8 Å². The second kappa shape index (κ2) is 6.57. The molecule has 0 aliphatic rings. The Bertz CT molecular complexity index is 355. The fourth-order valence-corrected chi connectivity index (χ4v) is 1.67. The zero-order valence-electron chi connectivity index (χ0n) is 10.3. The summed E-state index contributed by atoms with van der Waals surface area (Å²) in [6.07, 6.45) is 0.369. The van der Waals surface area contributed by atoms with Gasteiger partial charge in [0.25, 0.3) is 0 Å². The van der Waals surface area contributed by atoms with Crippen molar-refractivity contribution in [3.63, 3.8) is 0 Å². The van der Waals surface area contributed by atoms with E-state index in [2.05, 4.69) is 19.2 Å². The maximum absolute atomic E-state index is 13.0. The molecule has 1 unspecified atom stereocenters. The molecule has 96 valence electrons. The molecule has 0 saturated heterocycles. The van der Waals surface area contributed by atoms with Crippen LogP contribution in [0.4, 0.5) is 4.39 Å². The molecule has 0 spiro atoms. The molecule has 1 aromatic rings. The minimum absolute atomic E-state index is 0.339. The highest BCUT2D eigenvalue weighted by Crippen LogP contribution is 2.15. The molecule has 0 aliphatic carbocycles. The topological polar surface area (TPSA) is 52.5 Å². The number of aromatic hydroxyl groups is 1. The smallest absolute Gasteiger partial charge is 0.165 e. The SMILES string of the molecule is CC(C)CC(O)CNCc1ccc(O)c(F)c1. The molecule has 0 heterocycles. The number of hydrogen-bond donors (Lipinski definition) is 3. The van der Waals surface area contributed by atoms with Crippen molar-refractivity contribution in [1.82, 2.24) is 5.32 Å². The first kappa shape index (κ1) is 13.9. The zero-order valence-corrected chi connectivity index (χ0v) is 10.3. The summed E-state index contributed by atoms with van der Waals surface area (Å²) in [4.78, 5) is 0. The quantitative estimate of drug-likeness (QED) is 0.714. The van der Waals surface area contributed by atoms with Crippen LogP contribution in [0.25, 0.3) is 0 Å². The Labute approximate surface area is 101 Å². The summed E-state index contributed by atoms with van der Waals surface area (Å²) >= 11 is 0. The third-order valence-corrected chi connectivity index (χ3v) is 2.46. The Morgan fingerprint density at radius 2 is 2.06 bits per heavy atom. The van der Waals surface area contributed by atoms with E-state index in [0.717, 1.165) is 12.0 Å². The van der Waals surface area contributed by atoms with Gasteiger partial charge < -0.3 is 15.5 Å². The lowest BCUT2D eigenvalue weighted by Crippen LogP contribution is -2.27. The van der Waals surface area contributed by atoms with Crippen molar-refractivity contribution < 1.29 is 14.6 Å². The first-order valence-corrected chi connectivity index (χ1v) is 5.85. The lowest BCUT2D eigenvalue weighted by molar-refractivity contribution is 0.146. The number of phenols is 1. The van der Waals surface area contributed by atoms with Gasteiger partial charge in [0, 0.05) is 13.1 Å². The predicted molar refractivity (Wildman–Crippen MR) is 65.2 cm³/mol. The van der Waals surface area contributed by atoms with Crippen LogP contribution in [0.15, 0.2) is 18.2 Å². The van der Waals surface area contributed by atoms with Crippen LogP contribution in [0.3, 0.4) is 0 Å². The predicted octanol–water partition coefficient (Wildman–Crippen LogP) is 2.03. The molecule has 17 heavy (non-hydrogen) atoms. The molecule has 0 fully saturated rings. The maximum atomic E-state index is 13.0. The van der Waals surface area contributed by atoms with Crippen molar-refractivity contribution in [2.45, 2.75) is 32.9 Å². The molecule has 0 saturated carbocycles. The van der Waals surface area contributed by atoms with Crippen LogP contribution in [0.5, 0.6) is 5.75 Å². The Morgan fingerprint density at radius 3 is 2.65 bits per heavy atom. The average Bonchev–Trinajstić information content (AvgIpc) is 2.22. The average molecular weight is 241 g/mol. The summed E-state index contributed by atoms with van der Waals surface area (Å²) < 4.78 is 13.0. The summed E-state index contributed by atoms with van der Waals surface area (Å²) in [7, 11) is 0. The third kappa shape index (κ3) is 5.15. The maximum Gasteiger partial charge on any atom is 0.165 e. The van der Waals surface area contributed by atoms with E-state index in [9.17, 15) is 9.50 Å². The van der Waals surface area contributed by atoms with Crippen molar-refractivity contribution >= 4 is 0 Å². The summed E-state index contributed by atoms with van der Waals surface area (Å²) in [5.41, 5.74) is 0.747. The number of nitrogens with one attached hydrogen (secondary N) is 1. The molecular formula is C13H20FNO2. The normalized spacial score (nSPS) is 13.0. The van der Waals surface area contributed by atoms with Crippen molar-refractivity contribution in [1.29, 1.82) is 0 Å². The van der Waals surface area contributed by atoms with E-state index in [1.54, 1.807) is 6.07 Å². The van der Waals surface area contributed by atoms with E-state index in [4.69, 9.17) is 5.11 Å². The van der Waals surface area contributed by atoms with Gasteiger partial charge in [-0.1, -0.05) is 19.9 Å². The molecule has 0 radical (unpaired) electrons. The Morgan fingerprint density at radius 1 is 1.35 bits per heavy atom. The molecule has 3 nitrogen and oxygen atoms in total. The molecular weight excluding hydrogens is 221 g/mol. The lowest BCUT2D eigenvalue weighted by atomic mass is 10.1. The van der Waals surface area contributed by atoms with Crippen LogP contribution < -0.4 is 5.32 Å². The van der Waals surface area contributed by atoms with Crippen LogP contribution in [0, 0.1) is 11.7 Å². The van der Waals surface area contributed by atoms with E-state index in [1.165, 1.54) is 12.1 Å². The number of aliphatic hydroxyl groups is 1. The number of hydrogen-bond acceptors (Lipinski definition) is 3. The summed E-state index contributed by atoms with van der Waals surface area (Å²) in [5.74, 6) is -0.501. The van der Waals surface area contributed by atoms with Gasteiger partial charge >= 0.3 is 0 Å². The first-order chi connectivity index (χ1) is 7.99. The number of rotatable bonds is 6. The Balaban J connectivity index is 2.33. The first-order valence-electron chi connectivity index (χ1n) is 5.85. The lowest BCUT2D eigenvalue weighted by Gasteiger charge is -2.13. The standard InChI is InChI=1S/C13H20FNO2/c1-9(2)5-11(16)8-15-7-10-3-4-13(17)12(14)6-10/h3-4,6,9,11,15-17H,5,7-8H2,1-2H3. The van der Waals surface area contributed by atoms with Gasteiger partial charge in [-0.05, 0) is 30.0 Å². The van der Waals surface area contributed by atoms with Gasteiger partial charge in [0.2, 0.25) is 0 Å². The highest BCUT2D eigenvalue weighted by molar-refractivity contribution is 5.27. The second-order valence-electron chi connectivity index (χ2n) is 4.70. The Kier molecular flexibility index (Phi) is 5.38. The van der Waals surface area contributed by atoms with Crippen LogP contribution in [-0.4, -0.2) is 22.9 Å². The van der Waals surface area contributed by atoms with Crippen molar-refractivity contribution in [3.8, 4) is 5.75 Å². The molecule has 4 heteroatoms. The van der Waals surface area contributed by atoms with E-state index in [0.29, 0.717) is 19.0 Å². The minimum atomic E-state index is -0.618. The number of aliphatic hydroxyl groups excluding tert-OH is 1. The number of halogens is 1. The second-order valence-corrected chi connectivity index (χ2v) is 4.70. The van der Waals surface area contributed by atoms with Gasteiger partial charge in [-0.25, -0.2) is 4.39 Å². The largest absolute Gasteiger partial charge is 0.505 e. The Hall–Kier alpha value is -1.13. The van der Waals surface area contributed by atoms with Gasteiger partial charge in [-0.2, -0.15) is 0 Å². The molecule has 0 amide bonds. The summed E-state index contributed by atoms with van der Waals surface area (Å²) in [6, 6.07) is 4.27. The van der Waals surface area contributed by atoms with Crippen LogP contribution >= 0.6 is 0 Å². The van der Waals surface area contributed by atoms with E-state index in [-0.39, 0.29) is 11.9 Å². The van der Waals surface area contributed by atoms with E-state index < -0.39 is 5.82 Å². The van der Waals surface area contributed by atoms with E-state index >= 15 is 0 Å². The van der Waals surface area contributed by atoms with Crippen molar-refractivity contribution in [3.05, 3.63) is 29.6 Å². The highest BCUT2D eigenvalue weighted by Gasteiger charge is 2.06. The van der Waals surface area contributed by atoms with E-state index in [1.807, 2.05) is 0 Å². The fourth-order valence-electron chi connectivity index (χ4n) is 1.67. The number of phenolic OH excluding ortho intramolecular Hbond substituents is 1. The van der Waals surface area contributed by atoms with Gasteiger partial charge in [0.1, 0.15) is 0 Å². The molecule has 1 aromatic carbocycles. The third-order valence-electron chi connectivity index (χ3n) is 2.46. The molecule has 1 rings (SSSR count). The molecule has 0 aromatic heterocycles. The van der Waals surface area contributed by atoms with Gasteiger partial charge in [0.15, 0.2) is 11.6 Å². The number of benzene rings is 1. The van der Waals surface area contributed by atoms with Crippen molar-refractivity contribution in [2.75, 3.05) is 6.54 Å². The molecule has 0 aliphatic heterocycles. The minimum Gasteiger partial charge on any atom is -0.505 e. The van der Waals surface area contributed by atoms with Crippen LogP contribution in [-0.2, 0) is 6.54 Å². The highest BCUT2D eigenvalue weighted by atomic mass is 19.1.